The maximum Gasteiger partial charge on any atom is 0.275 e. The number of amides is 1. The number of aromatic nitrogens is 2. The molecule has 1 amide bonds. The fourth-order valence-corrected chi connectivity index (χ4v) is 5.36. The van der Waals surface area contributed by atoms with Crippen molar-refractivity contribution in [3.05, 3.63) is 47.9 Å². The number of rotatable bonds is 5. The SMILES string of the molecule is Cc1ccc(N2CCN(C)CC2)c(C(=O)N2C3CCC2C(COc2ccccn2)C3)n1. The Labute approximate surface area is 184 Å². The van der Waals surface area contributed by atoms with Crippen LogP contribution in [-0.4, -0.2) is 77.6 Å². The van der Waals surface area contributed by atoms with Crippen molar-refractivity contribution in [3.63, 3.8) is 0 Å². The van der Waals surface area contributed by atoms with Gasteiger partial charge in [0.1, 0.15) is 0 Å². The van der Waals surface area contributed by atoms with E-state index in [-0.39, 0.29) is 18.0 Å². The molecule has 2 aromatic rings. The van der Waals surface area contributed by atoms with Gasteiger partial charge in [-0.25, -0.2) is 9.97 Å². The molecule has 2 aromatic heterocycles. The zero-order chi connectivity index (χ0) is 21.4. The van der Waals surface area contributed by atoms with Crippen LogP contribution >= 0.6 is 0 Å². The van der Waals surface area contributed by atoms with Crippen molar-refractivity contribution >= 4 is 11.6 Å². The molecule has 7 nitrogen and oxygen atoms in total. The molecule has 0 N–H and O–H groups in total. The fourth-order valence-electron chi connectivity index (χ4n) is 5.36. The third-order valence-corrected chi connectivity index (χ3v) is 7.04. The monoisotopic (exact) mass is 421 g/mol. The number of carbonyl (C=O) groups is 1. The highest BCUT2D eigenvalue weighted by atomic mass is 16.5. The van der Waals surface area contributed by atoms with Crippen LogP contribution in [0.1, 0.15) is 35.4 Å². The molecule has 3 unspecified atom stereocenters. The van der Waals surface area contributed by atoms with Crippen LogP contribution in [0.5, 0.6) is 5.88 Å². The Balaban J connectivity index is 1.34. The summed E-state index contributed by atoms with van der Waals surface area (Å²) in [7, 11) is 2.14. The number of ether oxygens (including phenoxy) is 1. The molecule has 0 aliphatic carbocycles. The molecular formula is C24H31N5O2. The molecule has 3 aliphatic rings. The number of pyridine rings is 2. The third kappa shape index (κ3) is 3.99. The minimum absolute atomic E-state index is 0.0884. The van der Waals surface area contributed by atoms with Gasteiger partial charge >= 0.3 is 0 Å². The molecule has 5 heterocycles. The number of hydrogen-bond acceptors (Lipinski definition) is 6. The maximum atomic E-state index is 13.8. The van der Waals surface area contributed by atoms with E-state index in [0.29, 0.717) is 24.1 Å². The third-order valence-electron chi connectivity index (χ3n) is 7.04. The molecule has 164 valence electrons. The lowest BCUT2D eigenvalue weighted by Crippen LogP contribution is -2.46. The van der Waals surface area contributed by atoms with Crippen LogP contribution in [0.4, 0.5) is 5.69 Å². The number of carbonyl (C=O) groups excluding carboxylic acids is 1. The summed E-state index contributed by atoms with van der Waals surface area (Å²) >= 11 is 0. The van der Waals surface area contributed by atoms with Gasteiger partial charge in [0, 0.05) is 62.1 Å². The van der Waals surface area contributed by atoms with Gasteiger partial charge in [-0.1, -0.05) is 6.07 Å². The average Bonchev–Trinajstić information content (AvgIpc) is 3.36. The Morgan fingerprint density at radius 3 is 2.74 bits per heavy atom. The number of piperazine rings is 1. The number of aryl methyl sites for hydroxylation is 1. The van der Waals surface area contributed by atoms with Crippen molar-refractivity contribution in [1.29, 1.82) is 0 Å². The number of fused-ring (bicyclic) bond motifs is 2. The maximum absolute atomic E-state index is 13.8. The van der Waals surface area contributed by atoms with E-state index < -0.39 is 0 Å². The van der Waals surface area contributed by atoms with Gasteiger partial charge in [0.15, 0.2) is 5.69 Å². The first-order valence-electron chi connectivity index (χ1n) is 11.4. The predicted octanol–water partition coefficient (Wildman–Crippen LogP) is 2.61. The summed E-state index contributed by atoms with van der Waals surface area (Å²) in [5.74, 6) is 1.09. The number of likely N-dealkylation sites (N-methyl/N-ethyl adjacent to an activating group) is 1. The molecule has 5 rings (SSSR count). The minimum atomic E-state index is 0.0884. The van der Waals surface area contributed by atoms with Crippen LogP contribution in [0.15, 0.2) is 36.5 Å². The zero-order valence-corrected chi connectivity index (χ0v) is 18.4. The van der Waals surface area contributed by atoms with Crippen molar-refractivity contribution in [3.8, 4) is 5.88 Å². The second-order valence-corrected chi connectivity index (χ2v) is 9.10. The molecular weight excluding hydrogens is 390 g/mol. The normalized spacial score (nSPS) is 25.8. The first-order valence-corrected chi connectivity index (χ1v) is 11.4. The van der Waals surface area contributed by atoms with Crippen molar-refractivity contribution < 1.29 is 9.53 Å². The van der Waals surface area contributed by atoms with Gasteiger partial charge in [-0.15, -0.1) is 0 Å². The summed E-state index contributed by atoms with van der Waals surface area (Å²) in [4.78, 5) is 29.5. The summed E-state index contributed by atoms with van der Waals surface area (Å²) in [6.07, 6.45) is 4.86. The van der Waals surface area contributed by atoms with E-state index in [9.17, 15) is 4.79 Å². The highest BCUT2D eigenvalue weighted by Gasteiger charge is 2.49. The molecule has 3 atom stereocenters. The lowest BCUT2D eigenvalue weighted by Gasteiger charge is -2.35. The van der Waals surface area contributed by atoms with Gasteiger partial charge in [0.25, 0.3) is 5.91 Å². The first kappa shape index (κ1) is 20.2. The quantitative estimate of drug-likeness (QED) is 0.740. The van der Waals surface area contributed by atoms with Gasteiger partial charge < -0.3 is 19.4 Å². The fraction of sp³-hybridized carbons (Fsp3) is 0.542. The Morgan fingerprint density at radius 2 is 1.97 bits per heavy atom. The van der Waals surface area contributed by atoms with Crippen LogP contribution in [0, 0.1) is 12.8 Å². The van der Waals surface area contributed by atoms with E-state index >= 15 is 0 Å². The molecule has 3 fully saturated rings. The van der Waals surface area contributed by atoms with E-state index in [1.807, 2.05) is 31.2 Å². The summed E-state index contributed by atoms with van der Waals surface area (Å²) < 4.78 is 5.95. The van der Waals surface area contributed by atoms with Crippen LogP contribution in [0.2, 0.25) is 0 Å². The molecule has 2 bridgehead atoms. The Bertz CT molecular complexity index is 929. The van der Waals surface area contributed by atoms with Gasteiger partial charge in [-0.05, 0) is 51.4 Å². The topological polar surface area (TPSA) is 61.8 Å². The van der Waals surface area contributed by atoms with Crippen molar-refractivity contribution in [1.82, 2.24) is 19.8 Å². The van der Waals surface area contributed by atoms with Gasteiger partial charge in [0.2, 0.25) is 5.88 Å². The number of anilines is 1. The smallest absolute Gasteiger partial charge is 0.275 e. The Hall–Kier alpha value is -2.67. The zero-order valence-electron chi connectivity index (χ0n) is 18.4. The molecule has 0 saturated carbocycles. The summed E-state index contributed by atoms with van der Waals surface area (Å²) in [6, 6.07) is 10.3. The van der Waals surface area contributed by atoms with Crippen molar-refractivity contribution in [2.45, 2.75) is 38.3 Å². The molecule has 3 saturated heterocycles. The first-order chi connectivity index (χ1) is 15.1. The van der Waals surface area contributed by atoms with Crippen molar-refractivity contribution in [2.24, 2.45) is 5.92 Å². The Kier molecular flexibility index (Phi) is 5.52. The Morgan fingerprint density at radius 1 is 1.13 bits per heavy atom. The molecule has 7 heteroatoms. The second-order valence-electron chi connectivity index (χ2n) is 9.10. The van der Waals surface area contributed by atoms with E-state index in [0.717, 1.165) is 56.8 Å². The predicted molar refractivity (Wildman–Crippen MR) is 120 cm³/mol. The lowest BCUT2D eigenvalue weighted by atomic mass is 9.90. The van der Waals surface area contributed by atoms with Crippen LogP contribution in [-0.2, 0) is 0 Å². The summed E-state index contributed by atoms with van der Waals surface area (Å²) in [5.41, 5.74) is 2.49. The van der Waals surface area contributed by atoms with Gasteiger partial charge in [-0.3, -0.25) is 4.79 Å². The molecule has 0 spiro atoms. The summed E-state index contributed by atoms with van der Waals surface area (Å²) in [5, 5.41) is 0. The number of hydrogen-bond donors (Lipinski definition) is 0. The lowest BCUT2D eigenvalue weighted by molar-refractivity contribution is 0.0704. The highest BCUT2D eigenvalue weighted by molar-refractivity contribution is 5.98. The van der Waals surface area contributed by atoms with Gasteiger partial charge in [0.05, 0.1) is 12.3 Å². The molecule has 0 radical (unpaired) electrons. The molecule has 3 aliphatic heterocycles. The van der Waals surface area contributed by atoms with Crippen LogP contribution in [0.25, 0.3) is 0 Å². The van der Waals surface area contributed by atoms with E-state index in [1.54, 1.807) is 6.20 Å². The second kappa shape index (κ2) is 8.46. The standard InChI is InChI=1S/C24H31N5O2/c1-17-6-8-21(28-13-11-27(2)12-14-28)23(26-17)24(30)29-19-7-9-20(29)18(15-19)16-31-22-5-3-4-10-25-22/h3-6,8,10,18-20H,7,9,11-16H2,1-2H3. The van der Waals surface area contributed by atoms with Crippen molar-refractivity contribution in [2.75, 3.05) is 44.7 Å². The largest absolute Gasteiger partial charge is 0.477 e. The van der Waals surface area contributed by atoms with E-state index in [1.165, 1.54) is 0 Å². The van der Waals surface area contributed by atoms with E-state index in [4.69, 9.17) is 9.72 Å². The van der Waals surface area contributed by atoms with Crippen LogP contribution in [0.3, 0.4) is 0 Å². The minimum Gasteiger partial charge on any atom is -0.477 e. The average molecular weight is 422 g/mol. The number of nitrogens with zero attached hydrogens (tertiary/aromatic N) is 5. The summed E-state index contributed by atoms with van der Waals surface area (Å²) in [6.45, 7) is 6.43. The molecule has 31 heavy (non-hydrogen) atoms. The van der Waals surface area contributed by atoms with Crippen LogP contribution < -0.4 is 9.64 Å². The molecule has 0 aromatic carbocycles. The van der Waals surface area contributed by atoms with Gasteiger partial charge in [-0.2, -0.15) is 0 Å². The highest BCUT2D eigenvalue weighted by Crippen LogP contribution is 2.43. The van der Waals surface area contributed by atoms with E-state index in [2.05, 4.69) is 32.8 Å².